The van der Waals surface area contributed by atoms with Gasteiger partial charge in [0.15, 0.2) is 0 Å². The van der Waals surface area contributed by atoms with Gasteiger partial charge in [0.2, 0.25) is 5.91 Å². The van der Waals surface area contributed by atoms with Crippen molar-refractivity contribution in [1.29, 1.82) is 0 Å². The zero-order chi connectivity index (χ0) is 25.4. The lowest BCUT2D eigenvalue weighted by atomic mass is 10.1. The minimum atomic E-state index is -0.00257. The zero-order valence-corrected chi connectivity index (χ0v) is 21.4. The number of rotatable bonds is 7. The van der Waals surface area contributed by atoms with Crippen LogP contribution in [0, 0.1) is 6.92 Å². The molecule has 1 amide bonds. The third-order valence-corrected chi connectivity index (χ3v) is 7.48. The van der Waals surface area contributed by atoms with Crippen LogP contribution in [0.2, 0.25) is 0 Å². The lowest BCUT2D eigenvalue weighted by Crippen LogP contribution is -2.11. The van der Waals surface area contributed by atoms with Gasteiger partial charge in [-0.25, -0.2) is 0 Å². The number of aromatic amines is 2. The number of thiophene rings is 1. The lowest BCUT2D eigenvalue weighted by molar-refractivity contribution is -0.116. The fourth-order valence-electron chi connectivity index (χ4n) is 4.57. The first kappa shape index (κ1) is 23.1. The molecule has 5 aromatic heterocycles. The number of pyridine rings is 2. The van der Waals surface area contributed by atoms with Gasteiger partial charge >= 0.3 is 0 Å². The first-order valence-electron chi connectivity index (χ1n) is 12.4. The minimum absolute atomic E-state index is 0.00257. The summed E-state index contributed by atoms with van der Waals surface area (Å²) < 4.78 is 0. The van der Waals surface area contributed by atoms with E-state index >= 15 is 0 Å². The molecule has 3 N–H and O–H groups in total. The van der Waals surface area contributed by atoms with Crippen molar-refractivity contribution in [3.8, 4) is 33.1 Å². The summed E-state index contributed by atoms with van der Waals surface area (Å²) in [6.07, 6.45) is 7.55. The Bertz CT molecular complexity index is 1740. The largest absolute Gasteiger partial charge is 0.353 e. The number of hydrogen-bond acceptors (Lipinski definition) is 5. The molecule has 0 spiro atoms. The Labute approximate surface area is 218 Å². The van der Waals surface area contributed by atoms with E-state index in [2.05, 4.69) is 80.7 Å². The number of aromatic nitrogens is 5. The SMILES string of the molecule is CCCCC(=O)Nc1cncc(-c2cc3c(-c4cc5c(-c6ccc(C)s6)cccc5[nH]4)n[nH]c3cn2)c1. The summed E-state index contributed by atoms with van der Waals surface area (Å²) in [5.41, 5.74) is 7.16. The number of H-pyrrole nitrogens is 2. The van der Waals surface area contributed by atoms with E-state index in [1.165, 1.54) is 20.7 Å². The fourth-order valence-corrected chi connectivity index (χ4v) is 5.47. The average Bonchev–Trinajstić information content (AvgIpc) is 3.64. The van der Waals surface area contributed by atoms with Crippen LogP contribution in [0.15, 0.2) is 67.1 Å². The standard InChI is InChI=1S/C29H26N6OS/c1-3-4-8-28(36)32-19-11-18(14-30-15-19)24-13-22-26(16-31-24)34-35-29(22)25-12-21-20(6-5-7-23(21)33-25)27-10-9-17(2)37-27/h5-7,9-16,33H,3-4,8H2,1-2H3,(H,32,36)(H,34,35). The van der Waals surface area contributed by atoms with E-state index in [1.807, 2.05) is 12.1 Å². The summed E-state index contributed by atoms with van der Waals surface area (Å²) in [7, 11) is 0. The monoisotopic (exact) mass is 506 g/mol. The maximum Gasteiger partial charge on any atom is 0.224 e. The van der Waals surface area contributed by atoms with Crippen molar-refractivity contribution in [3.05, 3.63) is 72.0 Å². The van der Waals surface area contributed by atoms with Gasteiger partial charge in [0, 0.05) is 49.8 Å². The summed E-state index contributed by atoms with van der Waals surface area (Å²) >= 11 is 1.80. The normalized spacial score (nSPS) is 11.4. The van der Waals surface area contributed by atoms with E-state index in [0.29, 0.717) is 12.1 Å². The van der Waals surface area contributed by atoms with Crippen LogP contribution >= 0.6 is 11.3 Å². The van der Waals surface area contributed by atoms with Gasteiger partial charge < -0.3 is 10.3 Å². The molecule has 37 heavy (non-hydrogen) atoms. The fraction of sp³-hybridized carbons (Fsp3) is 0.172. The van der Waals surface area contributed by atoms with Crippen LogP contribution < -0.4 is 5.32 Å². The molecule has 184 valence electrons. The molecule has 7 nitrogen and oxygen atoms in total. The molecule has 0 atom stereocenters. The molecule has 0 aliphatic carbocycles. The molecule has 0 aliphatic heterocycles. The van der Waals surface area contributed by atoms with Crippen LogP contribution in [-0.2, 0) is 4.79 Å². The van der Waals surface area contributed by atoms with Gasteiger partial charge in [-0.1, -0.05) is 25.5 Å². The van der Waals surface area contributed by atoms with Crippen molar-refractivity contribution >= 4 is 44.7 Å². The Hall–Kier alpha value is -4.30. The first-order chi connectivity index (χ1) is 18.1. The summed E-state index contributed by atoms with van der Waals surface area (Å²) in [6.45, 7) is 4.20. The molecule has 8 heteroatoms. The molecule has 6 rings (SSSR count). The maximum absolute atomic E-state index is 12.2. The second kappa shape index (κ2) is 9.63. The zero-order valence-electron chi connectivity index (χ0n) is 20.6. The van der Waals surface area contributed by atoms with Crippen molar-refractivity contribution in [2.24, 2.45) is 0 Å². The Morgan fingerprint density at radius 1 is 1.03 bits per heavy atom. The van der Waals surface area contributed by atoms with Crippen LogP contribution in [0.25, 0.3) is 54.9 Å². The predicted molar refractivity (Wildman–Crippen MR) is 151 cm³/mol. The number of unbranched alkanes of at least 4 members (excludes halogenated alkanes) is 1. The molecule has 0 aliphatic rings. The van der Waals surface area contributed by atoms with Crippen LogP contribution in [0.3, 0.4) is 0 Å². The highest BCUT2D eigenvalue weighted by Gasteiger charge is 2.15. The van der Waals surface area contributed by atoms with Gasteiger partial charge in [-0.3, -0.25) is 19.9 Å². The molecule has 1 aromatic carbocycles. The van der Waals surface area contributed by atoms with Crippen molar-refractivity contribution in [3.63, 3.8) is 0 Å². The second-order valence-corrected chi connectivity index (χ2v) is 10.4. The smallest absolute Gasteiger partial charge is 0.224 e. The molecule has 0 bridgehead atoms. The van der Waals surface area contributed by atoms with Crippen molar-refractivity contribution < 1.29 is 4.79 Å². The van der Waals surface area contributed by atoms with Crippen molar-refractivity contribution in [2.45, 2.75) is 33.1 Å². The molecular formula is C29H26N6OS. The summed E-state index contributed by atoms with van der Waals surface area (Å²) in [5.74, 6) is -0.00257. The molecule has 6 aromatic rings. The number of hydrogen-bond donors (Lipinski definition) is 3. The third-order valence-electron chi connectivity index (χ3n) is 6.45. The van der Waals surface area contributed by atoms with E-state index in [9.17, 15) is 4.79 Å². The predicted octanol–water partition coefficient (Wildman–Crippen LogP) is 7.33. The van der Waals surface area contributed by atoms with Crippen LogP contribution in [0.5, 0.6) is 0 Å². The molecule has 0 radical (unpaired) electrons. The Balaban J connectivity index is 1.37. The van der Waals surface area contributed by atoms with E-state index in [-0.39, 0.29) is 5.91 Å². The van der Waals surface area contributed by atoms with Crippen LogP contribution in [0.4, 0.5) is 5.69 Å². The highest BCUT2D eigenvalue weighted by molar-refractivity contribution is 7.15. The molecule has 0 saturated carbocycles. The number of aryl methyl sites for hydroxylation is 1. The second-order valence-electron chi connectivity index (χ2n) is 9.16. The number of benzene rings is 1. The summed E-state index contributed by atoms with van der Waals surface area (Å²) in [6, 6.07) is 16.8. The average molecular weight is 507 g/mol. The third kappa shape index (κ3) is 4.51. The molecule has 0 fully saturated rings. The van der Waals surface area contributed by atoms with Gasteiger partial charge in [0.1, 0.15) is 5.69 Å². The highest BCUT2D eigenvalue weighted by atomic mass is 32.1. The minimum Gasteiger partial charge on any atom is -0.353 e. The number of carbonyl (C=O) groups is 1. The lowest BCUT2D eigenvalue weighted by Gasteiger charge is -2.07. The Morgan fingerprint density at radius 3 is 2.78 bits per heavy atom. The van der Waals surface area contributed by atoms with Crippen molar-refractivity contribution in [1.82, 2.24) is 25.1 Å². The highest BCUT2D eigenvalue weighted by Crippen LogP contribution is 2.37. The number of anilines is 1. The molecule has 0 saturated heterocycles. The topological polar surface area (TPSA) is 99.4 Å². The van der Waals surface area contributed by atoms with E-state index in [1.54, 1.807) is 29.9 Å². The van der Waals surface area contributed by atoms with Crippen LogP contribution in [0.1, 0.15) is 31.1 Å². The Morgan fingerprint density at radius 2 is 1.95 bits per heavy atom. The number of nitrogens with zero attached hydrogens (tertiary/aromatic N) is 3. The van der Waals surface area contributed by atoms with Crippen molar-refractivity contribution in [2.75, 3.05) is 5.32 Å². The number of carbonyl (C=O) groups excluding carboxylic acids is 1. The van der Waals surface area contributed by atoms with Gasteiger partial charge in [-0.2, -0.15) is 5.10 Å². The molecule has 0 unspecified atom stereocenters. The quantitative estimate of drug-likeness (QED) is 0.211. The number of amides is 1. The van der Waals surface area contributed by atoms with Crippen LogP contribution in [-0.4, -0.2) is 31.1 Å². The number of nitrogens with one attached hydrogen (secondary N) is 3. The maximum atomic E-state index is 12.2. The molecule has 5 heterocycles. The van der Waals surface area contributed by atoms with Gasteiger partial charge in [0.05, 0.1) is 35.0 Å². The van der Waals surface area contributed by atoms with Gasteiger partial charge in [-0.15, -0.1) is 11.3 Å². The summed E-state index contributed by atoms with van der Waals surface area (Å²) in [4.78, 5) is 27.2. The Kier molecular flexibility index (Phi) is 6.02. The van der Waals surface area contributed by atoms with Gasteiger partial charge in [-0.05, 0) is 49.7 Å². The van der Waals surface area contributed by atoms with E-state index in [4.69, 9.17) is 0 Å². The molecular weight excluding hydrogens is 480 g/mol. The van der Waals surface area contributed by atoms with E-state index in [0.717, 1.165) is 51.9 Å². The van der Waals surface area contributed by atoms with E-state index < -0.39 is 0 Å². The first-order valence-corrected chi connectivity index (χ1v) is 13.2. The van der Waals surface area contributed by atoms with Gasteiger partial charge in [0.25, 0.3) is 0 Å². The number of fused-ring (bicyclic) bond motifs is 2. The summed E-state index contributed by atoms with van der Waals surface area (Å²) in [5, 5.41) is 12.8.